The molecule has 0 aliphatic heterocycles. The third kappa shape index (κ3) is 4.03. The van der Waals surface area contributed by atoms with Crippen molar-refractivity contribution in [3.05, 3.63) is 53.3 Å². The first kappa shape index (κ1) is 15.9. The highest BCUT2D eigenvalue weighted by Crippen LogP contribution is 2.09. The number of rotatable bonds is 6. The third-order valence-corrected chi connectivity index (χ3v) is 3.97. The van der Waals surface area contributed by atoms with Gasteiger partial charge in [-0.3, -0.25) is 9.59 Å². The highest BCUT2D eigenvalue weighted by atomic mass is 32.2. The van der Waals surface area contributed by atoms with Gasteiger partial charge in [0.2, 0.25) is 10.0 Å². The summed E-state index contributed by atoms with van der Waals surface area (Å²) < 4.78 is 22.2. The molecule has 1 heterocycles. The first-order valence-corrected chi connectivity index (χ1v) is 7.98. The van der Waals surface area contributed by atoms with Gasteiger partial charge in [0, 0.05) is 18.3 Å². The van der Waals surface area contributed by atoms with Crippen LogP contribution in [0.5, 0.6) is 0 Å². The Morgan fingerprint density at radius 1 is 1.27 bits per heavy atom. The van der Waals surface area contributed by atoms with E-state index in [9.17, 15) is 18.0 Å². The highest BCUT2D eigenvalue weighted by Gasteiger charge is 2.09. The summed E-state index contributed by atoms with van der Waals surface area (Å²) in [5, 5.41) is 7.71. The van der Waals surface area contributed by atoms with Crippen LogP contribution in [0.25, 0.3) is 0 Å². The van der Waals surface area contributed by atoms with Crippen LogP contribution in [0.1, 0.15) is 26.4 Å². The fourth-order valence-corrected chi connectivity index (χ4v) is 2.39. The Kier molecular flexibility index (Phi) is 4.74. The number of nitrogens with one attached hydrogen (secondary N) is 2. The Bertz CT molecular complexity index is 779. The van der Waals surface area contributed by atoms with E-state index < -0.39 is 10.0 Å². The van der Waals surface area contributed by atoms with E-state index in [-0.39, 0.29) is 10.8 Å². The second-order valence-electron chi connectivity index (χ2n) is 4.66. The molecule has 2 rings (SSSR count). The average Bonchev–Trinajstić information content (AvgIpc) is 2.96. The van der Waals surface area contributed by atoms with E-state index >= 15 is 0 Å². The molecular weight excluding hydrogens is 306 g/mol. The molecule has 1 amide bonds. The summed E-state index contributed by atoms with van der Waals surface area (Å²) in [6, 6.07) is 7.60. The number of nitrogens with two attached hydrogens (primary N) is 1. The number of primary sulfonamides is 1. The predicted molar refractivity (Wildman–Crippen MR) is 80.0 cm³/mol. The van der Waals surface area contributed by atoms with Crippen molar-refractivity contribution in [3.8, 4) is 0 Å². The van der Waals surface area contributed by atoms with Gasteiger partial charge in [-0.15, -0.1) is 0 Å². The van der Waals surface area contributed by atoms with Crippen LogP contribution in [0.4, 0.5) is 0 Å². The number of aldehydes is 1. The van der Waals surface area contributed by atoms with Gasteiger partial charge in [0.05, 0.1) is 4.90 Å². The molecule has 8 heteroatoms. The maximum Gasteiger partial charge on any atom is 0.267 e. The van der Waals surface area contributed by atoms with E-state index in [1.54, 1.807) is 12.1 Å². The number of hydrogen-bond acceptors (Lipinski definition) is 4. The minimum atomic E-state index is -3.69. The summed E-state index contributed by atoms with van der Waals surface area (Å²) in [5.74, 6) is -0.311. The van der Waals surface area contributed by atoms with Crippen molar-refractivity contribution >= 4 is 22.2 Å². The minimum absolute atomic E-state index is 0.0491. The monoisotopic (exact) mass is 321 g/mol. The van der Waals surface area contributed by atoms with Gasteiger partial charge in [-0.05, 0) is 30.2 Å². The maximum atomic E-state index is 11.8. The SMILES string of the molecule is NS(=O)(=O)c1ccc(CCNC(=O)c2cc(C=O)c[nH]2)cc1. The van der Waals surface area contributed by atoms with Gasteiger partial charge in [-0.2, -0.15) is 0 Å². The molecule has 4 N–H and O–H groups in total. The zero-order chi connectivity index (χ0) is 16.2. The van der Waals surface area contributed by atoms with E-state index in [1.165, 1.54) is 24.4 Å². The van der Waals surface area contributed by atoms with Gasteiger partial charge in [-0.1, -0.05) is 12.1 Å². The number of carbonyl (C=O) groups excluding carboxylic acids is 2. The molecule has 0 aliphatic rings. The van der Waals surface area contributed by atoms with Crippen LogP contribution in [0.2, 0.25) is 0 Å². The van der Waals surface area contributed by atoms with Crippen LogP contribution in [0.3, 0.4) is 0 Å². The normalized spacial score (nSPS) is 11.1. The molecule has 1 aromatic heterocycles. The molecule has 1 aromatic carbocycles. The molecule has 22 heavy (non-hydrogen) atoms. The standard InChI is InChI=1S/C14H15N3O4S/c15-22(20,21)12-3-1-10(2-4-12)5-6-16-14(19)13-7-11(9-18)8-17-13/h1-4,7-9,17H,5-6H2,(H,16,19)(H2,15,20,21). The molecule has 7 nitrogen and oxygen atoms in total. The van der Waals surface area contributed by atoms with Crippen molar-refractivity contribution in [1.82, 2.24) is 10.3 Å². The average molecular weight is 321 g/mol. The Hall–Kier alpha value is -2.45. The molecule has 0 unspecified atom stereocenters. The van der Waals surface area contributed by atoms with Crippen LogP contribution in [-0.4, -0.2) is 32.1 Å². The van der Waals surface area contributed by atoms with Crippen molar-refractivity contribution in [2.75, 3.05) is 6.54 Å². The zero-order valence-corrected chi connectivity index (χ0v) is 12.4. The van der Waals surface area contributed by atoms with Crippen molar-refractivity contribution in [2.24, 2.45) is 5.14 Å². The molecule has 0 radical (unpaired) electrons. The lowest BCUT2D eigenvalue weighted by molar-refractivity contribution is 0.0949. The first-order chi connectivity index (χ1) is 10.4. The van der Waals surface area contributed by atoms with E-state index in [4.69, 9.17) is 5.14 Å². The second-order valence-corrected chi connectivity index (χ2v) is 6.22. The smallest absolute Gasteiger partial charge is 0.267 e. The fraction of sp³-hybridized carbons (Fsp3) is 0.143. The lowest BCUT2D eigenvalue weighted by Gasteiger charge is -2.05. The van der Waals surface area contributed by atoms with Gasteiger partial charge >= 0.3 is 0 Å². The Labute approximate surface area is 127 Å². The van der Waals surface area contributed by atoms with Crippen molar-refractivity contribution in [3.63, 3.8) is 0 Å². The van der Waals surface area contributed by atoms with E-state index in [2.05, 4.69) is 10.3 Å². The third-order valence-electron chi connectivity index (χ3n) is 3.04. The van der Waals surface area contributed by atoms with Crippen LogP contribution in [0.15, 0.2) is 41.4 Å². The first-order valence-electron chi connectivity index (χ1n) is 6.43. The number of aromatic amines is 1. The second kappa shape index (κ2) is 6.54. The quantitative estimate of drug-likeness (QED) is 0.668. The molecule has 0 saturated carbocycles. The van der Waals surface area contributed by atoms with Crippen LogP contribution in [0, 0.1) is 0 Å². The number of benzene rings is 1. The van der Waals surface area contributed by atoms with Gasteiger partial charge in [0.15, 0.2) is 6.29 Å². The Balaban J connectivity index is 1.88. The van der Waals surface area contributed by atoms with Gasteiger partial charge in [-0.25, -0.2) is 13.6 Å². The zero-order valence-electron chi connectivity index (χ0n) is 11.6. The molecule has 0 bridgehead atoms. The maximum absolute atomic E-state index is 11.8. The Morgan fingerprint density at radius 3 is 2.50 bits per heavy atom. The highest BCUT2D eigenvalue weighted by molar-refractivity contribution is 7.89. The molecular formula is C14H15N3O4S. The number of sulfonamides is 1. The van der Waals surface area contributed by atoms with Crippen LogP contribution < -0.4 is 10.5 Å². The minimum Gasteiger partial charge on any atom is -0.357 e. The number of hydrogen-bond donors (Lipinski definition) is 3. The fourth-order valence-electron chi connectivity index (χ4n) is 1.87. The van der Waals surface area contributed by atoms with Crippen molar-refractivity contribution < 1.29 is 18.0 Å². The summed E-state index contributed by atoms with van der Waals surface area (Å²) in [6.45, 7) is 0.378. The number of aromatic nitrogens is 1. The molecule has 0 saturated heterocycles. The molecule has 116 valence electrons. The summed E-state index contributed by atoms with van der Waals surface area (Å²) in [7, 11) is -3.69. The summed E-state index contributed by atoms with van der Waals surface area (Å²) >= 11 is 0. The van der Waals surface area contributed by atoms with Gasteiger partial charge in [0.25, 0.3) is 5.91 Å². The molecule has 2 aromatic rings. The number of amides is 1. The summed E-state index contributed by atoms with van der Waals surface area (Å²) in [6.07, 6.45) is 2.64. The largest absolute Gasteiger partial charge is 0.357 e. The molecule has 0 atom stereocenters. The number of carbonyl (C=O) groups is 2. The Morgan fingerprint density at radius 2 is 1.95 bits per heavy atom. The van der Waals surface area contributed by atoms with Crippen LogP contribution in [-0.2, 0) is 16.4 Å². The molecule has 0 spiro atoms. The van der Waals surface area contributed by atoms with Crippen LogP contribution >= 0.6 is 0 Å². The number of H-pyrrole nitrogens is 1. The summed E-state index contributed by atoms with van der Waals surface area (Å²) in [4.78, 5) is 25.1. The molecule has 0 fully saturated rings. The van der Waals surface area contributed by atoms with E-state index in [0.717, 1.165) is 5.56 Å². The van der Waals surface area contributed by atoms with Gasteiger partial charge < -0.3 is 10.3 Å². The van der Waals surface area contributed by atoms with E-state index in [1.807, 2.05) is 0 Å². The predicted octanol–water partition coefficient (Wildman–Crippen LogP) is 0.447. The summed E-state index contributed by atoms with van der Waals surface area (Å²) in [5.41, 5.74) is 1.59. The van der Waals surface area contributed by atoms with E-state index in [0.29, 0.717) is 30.5 Å². The van der Waals surface area contributed by atoms with Gasteiger partial charge in [0.1, 0.15) is 5.69 Å². The lowest BCUT2D eigenvalue weighted by Crippen LogP contribution is -2.25. The lowest BCUT2D eigenvalue weighted by atomic mass is 10.1. The van der Waals surface area contributed by atoms with Crippen molar-refractivity contribution in [1.29, 1.82) is 0 Å². The van der Waals surface area contributed by atoms with Crippen molar-refractivity contribution in [2.45, 2.75) is 11.3 Å². The molecule has 0 aliphatic carbocycles. The topological polar surface area (TPSA) is 122 Å².